The molecule has 0 atom stereocenters. The lowest BCUT2D eigenvalue weighted by Crippen LogP contribution is -2.25. The highest BCUT2D eigenvalue weighted by molar-refractivity contribution is 5.71. The maximum atomic E-state index is 10.3. The van der Waals surface area contributed by atoms with E-state index in [1.54, 1.807) is 5.48 Å². The molecule has 0 saturated heterocycles. The molecule has 0 aliphatic heterocycles. The van der Waals surface area contributed by atoms with Crippen LogP contribution in [0.5, 0.6) is 0 Å². The van der Waals surface area contributed by atoms with Gasteiger partial charge in [-0.1, -0.05) is 6.58 Å². The number of carbonyl (C=O) groups excluding carboxylic acids is 2. The van der Waals surface area contributed by atoms with E-state index in [1.807, 2.05) is 0 Å². The first-order valence-electron chi connectivity index (χ1n) is 2.41. The van der Waals surface area contributed by atoms with Crippen LogP contribution in [0.4, 0.5) is 4.79 Å². The van der Waals surface area contributed by atoms with Crippen molar-refractivity contribution >= 4 is 12.1 Å². The Morgan fingerprint density at radius 3 is 2.60 bits per heavy atom. The number of amides is 1. The average molecular weight is 145 g/mol. The van der Waals surface area contributed by atoms with Crippen LogP contribution in [-0.4, -0.2) is 12.1 Å². The first kappa shape index (κ1) is 8.48. The molecule has 1 N–H and O–H groups in total. The summed E-state index contributed by atoms with van der Waals surface area (Å²) in [5, 5.41) is 0. The van der Waals surface area contributed by atoms with E-state index in [9.17, 15) is 9.59 Å². The zero-order valence-corrected chi connectivity index (χ0v) is 5.42. The van der Waals surface area contributed by atoms with E-state index in [1.165, 1.54) is 0 Å². The minimum atomic E-state index is -0.884. The smallest absolute Gasteiger partial charge is 0.417 e. The predicted octanol–water partition coefficient (Wildman–Crippen LogP) is 0.334. The van der Waals surface area contributed by atoms with Gasteiger partial charge in [-0.05, 0) is 0 Å². The van der Waals surface area contributed by atoms with Crippen LogP contribution in [0.15, 0.2) is 12.8 Å². The van der Waals surface area contributed by atoms with Crippen LogP contribution in [0.25, 0.3) is 0 Å². The minimum Gasteiger partial charge on any atom is -0.417 e. The maximum absolute atomic E-state index is 10.3. The molecular weight excluding hydrogens is 138 g/mol. The summed E-state index contributed by atoms with van der Waals surface area (Å²) in [6, 6.07) is 0. The van der Waals surface area contributed by atoms with Crippen molar-refractivity contribution in [3.8, 4) is 0 Å². The Morgan fingerprint density at radius 2 is 2.20 bits per heavy atom. The molecule has 56 valence electrons. The molecule has 0 aliphatic carbocycles. The summed E-state index contributed by atoms with van der Waals surface area (Å²) in [4.78, 5) is 24.3. The molecule has 10 heavy (non-hydrogen) atoms. The van der Waals surface area contributed by atoms with Gasteiger partial charge < -0.3 is 9.57 Å². The van der Waals surface area contributed by atoms with E-state index in [0.29, 0.717) is 0 Å². The second-order valence-electron chi connectivity index (χ2n) is 1.27. The predicted molar refractivity (Wildman–Crippen MR) is 31.6 cm³/mol. The van der Waals surface area contributed by atoms with Crippen LogP contribution in [-0.2, 0) is 14.4 Å². The third-order valence-electron chi connectivity index (χ3n) is 0.468. The van der Waals surface area contributed by atoms with Gasteiger partial charge in [0, 0.05) is 6.92 Å². The molecule has 0 unspecified atom stereocenters. The lowest BCUT2D eigenvalue weighted by atomic mass is 10.8. The molecule has 0 heterocycles. The molecule has 0 aromatic rings. The van der Waals surface area contributed by atoms with E-state index >= 15 is 0 Å². The fourth-order valence-electron chi connectivity index (χ4n) is 0.213. The Hall–Kier alpha value is -1.52. The Kier molecular flexibility index (Phi) is 3.70. The van der Waals surface area contributed by atoms with Crippen molar-refractivity contribution in [1.82, 2.24) is 5.48 Å². The number of hydrogen-bond acceptors (Lipinski definition) is 4. The van der Waals surface area contributed by atoms with Crippen LogP contribution in [0, 0.1) is 0 Å². The third-order valence-corrected chi connectivity index (χ3v) is 0.468. The molecule has 0 aliphatic rings. The molecule has 0 fully saturated rings. The van der Waals surface area contributed by atoms with E-state index in [-0.39, 0.29) is 0 Å². The van der Waals surface area contributed by atoms with Gasteiger partial charge in [-0.2, -0.15) is 0 Å². The first-order chi connectivity index (χ1) is 4.66. The Morgan fingerprint density at radius 1 is 1.60 bits per heavy atom. The van der Waals surface area contributed by atoms with Crippen molar-refractivity contribution in [3.63, 3.8) is 0 Å². The third kappa shape index (κ3) is 4.63. The monoisotopic (exact) mass is 145 g/mol. The maximum Gasteiger partial charge on any atom is 0.445 e. The summed E-state index contributed by atoms with van der Waals surface area (Å²) in [5.41, 5.74) is 1.70. The van der Waals surface area contributed by atoms with Crippen molar-refractivity contribution < 1.29 is 19.2 Å². The highest BCUT2D eigenvalue weighted by Gasteiger charge is 1.99. The largest absolute Gasteiger partial charge is 0.445 e. The van der Waals surface area contributed by atoms with Gasteiger partial charge in [-0.25, -0.2) is 4.79 Å². The van der Waals surface area contributed by atoms with Gasteiger partial charge in [0.15, 0.2) is 0 Å². The summed E-state index contributed by atoms with van der Waals surface area (Å²) < 4.78 is 4.13. The van der Waals surface area contributed by atoms with Crippen LogP contribution < -0.4 is 5.48 Å². The second kappa shape index (κ2) is 4.37. The van der Waals surface area contributed by atoms with Crippen molar-refractivity contribution in [3.05, 3.63) is 12.8 Å². The standard InChI is InChI=1S/C5H7NO4/c1-3-9-5(8)6-10-4(2)7/h3H,1H2,2H3,(H,6,8). The number of carbonyl (C=O) groups is 2. The van der Waals surface area contributed by atoms with Crippen LogP contribution >= 0.6 is 0 Å². The van der Waals surface area contributed by atoms with E-state index in [0.717, 1.165) is 13.2 Å². The summed E-state index contributed by atoms with van der Waals surface area (Å²) >= 11 is 0. The molecule has 0 aromatic carbocycles. The van der Waals surface area contributed by atoms with E-state index in [2.05, 4.69) is 16.2 Å². The highest BCUT2D eigenvalue weighted by atomic mass is 16.7. The van der Waals surface area contributed by atoms with E-state index in [4.69, 9.17) is 0 Å². The van der Waals surface area contributed by atoms with E-state index < -0.39 is 12.1 Å². The molecule has 0 saturated carbocycles. The zero-order chi connectivity index (χ0) is 7.98. The lowest BCUT2D eigenvalue weighted by Gasteiger charge is -1.99. The second-order valence-corrected chi connectivity index (χ2v) is 1.27. The molecule has 0 aromatic heterocycles. The summed E-state index contributed by atoms with van der Waals surface area (Å²) in [7, 11) is 0. The quantitative estimate of drug-likeness (QED) is 0.426. The number of hydrogen-bond donors (Lipinski definition) is 1. The SMILES string of the molecule is C=COC(=O)NOC(C)=O. The first-order valence-corrected chi connectivity index (χ1v) is 2.41. The van der Waals surface area contributed by atoms with Crippen molar-refractivity contribution in [2.45, 2.75) is 6.92 Å². The van der Waals surface area contributed by atoms with Crippen molar-refractivity contribution in [2.24, 2.45) is 0 Å². The number of ether oxygens (including phenoxy) is 1. The number of nitrogens with one attached hydrogen (secondary N) is 1. The summed E-state index contributed by atoms with van der Waals surface area (Å²) in [5.74, 6) is -0.624. The number of rotatable bonds is 1. The van der Waals surface area contributed by atoms with Gasteiger partial charge in [-0.15, -0.1) is 5.48 Å². The Bertz CT molecular complexity index is 154. The van der Waals surface area contributed by atoms with Crippen molar-refractivity contribution in [2.75, 3.05) is 0 Å². The highest BCUT2D eigenvalue weighted by Crippen LogP contribution is 1.77. The lowest BCUT2D eigenvalue weighted by molar-refractivity contribution is -0.146. The molecule has 0 rings (SSSR count). The molecule has 1 amide bonds. The number of hydroxylamine groups is 1. The van der Waals surface area contributed by atoms with Crippen LogP contribution in [0.2, 0.25) is 0 Å². The van der Waals surface area contributed by atoms with Gasteiger partial charge in [-0.3, -0.25) is 4.79 Å². The van der Waals surface area contributed by atoms with Gasteiger partial charge >= 0.3 is 12.1 Å². The summed E-state index contributed by atoms with van der Waals surface area (Å²) in [6.07, 6.45) is 0.0314. The average Bonchev–Trinajstić information content (AvgIpc) is 1.85. The topological polar surface area (TPSA) is 64.6 Å². The molecule has 5 heteroatoms. The fraction of sp³-hybridized carbons (Fsp3) is 0.200. The normalized spacial score (nSPS) is 7.70. The fourth-order valence-corrected chi connectivity index (χ4v) is 0.213. The van der Waals surface area contributed by atoms with Gasteiger partial charge in [0.05, 0.1) is 6.26 Å². The summed E-state index contributed by atoms with van der Waals surface area (Å²) in [6.45, 7) is 4.25. The van der Waals surface area contributed by atoms with Gasteiger partial charge in [0.2, 0.25) is 0 Å². The minimum absolute atomic E-state index is 0.624. The van der Waals surface area contributed by atoms with Crippen LogP contribution in [0.3, 0.4) is 0 Å². The Balaban J connectivity index is 3.39. The molecule has 0 radical (unpaired) electrons. The molecule has 0 spiro atoms. The molecular formula is C5H7NO4. The van der Waals surface area contributed by atoms with Gasteiger partial charge in [0.1, 0.15) is 0 Å². The van der Waals surface area contributed by atoms with Gasteiger partial charge in [0.25, 0.3) is 0 Å². The molecule has 5 nitrogen and oxygen atoms in total. The van der Waals surface area contributed by atoms with Crippen molar-refractivity contribution in [1.29, 1.82) is 0 Å². The molecule has 0 bridgehead atoms. The Labute approximate surface area is 57.6 Å². The van der Waals surface area contributed by atoms with Crippen LogP contribution in [0.1, 0.15) is 6.92 Å². The zero-order valence-electron chi connectivity index (χ0n) is 5.42.